The van der Waals surface area contributed by atoms with Gasteiger partial charge in [0.15, 0.2) is 0 Å². The SMILES string of the molecule is Cc1nn(Cc2ccccc2Cl)c(C)c1C(=O)N1CCN(C(=O)C2CCCO2)CC1. The number of halogens is 1. The Bertz CT molecular complexity index is 944. The van der Waals surface area contributed by atoms with Crippen LogP contribution in [0.15, 0.2) is 24.3 Å². The molecule has 30 heavy (non-hydrogen) atoms. The van der Waals surface area contributed by atoms with Crippen molar-refractivity contribution in [3.8, 4) is 0 Å². The molecule has 0 saturated carbocycles. The van der Waals surface area contributed by atoms with Crippen LogP contribution >= 0.6 is 11.6 Å². The Hall–Kier alpha value is -2.38. The highest BCUT2D eigenvalue weighted by Crippen LogP contribution is 2.22. The van der Waals surface area contributed by atoms with Gasteiger partial charge >= 0.3 is 0 Å². The highest BCUT2D eigenvalue weighted by molar-refractivity contribution is 6.31. The van der Waals surface area contributed by atoms with Crippen LogP contribution in [0, 0.1) is 13.8 Å². The van der Waals surface area contributed by atoms with Gasteiger partial charge in [0.05, 0.1) is 17.8 Å². The summed E-state index contributed by atoms with van der Waals surface area (Å²) in [5, 5.41) is 5.27. The van der Waals surface area contributed by atoms with Crippen molar-refractivity contribution in [3.63, 3.8) is 0 Å². The number of carbonyl (C=O) groups is 2. The summed E-state index contributed by atoms with van der Waals surface area (Å²) in [5.74, 6) is 0.0270. The quantitative estimate of drug-likeness (QED) is 0.747. The molecule has 1 aromatic heterocycles. The summed E-state index contributed by atoms with van der Waals surface area (Å²) in [6.07, 6.45) is 1.42. The highest BCUT2D eigenvalue weighted by Gasteiger charge is 2.32. The van der Waals surface area contributed by atoms with Gasteiger partial charge in [-0.3, -0.25) is 14.3 Å². The maximum absolute atomic E-state index is 13.2. The van der Waals surface area contributed by atoms with Crippen molar-refractivity contribution in [2.75, 3.05) is 32.8 Å². The number of rotatable bonds is 4. The molecule has 0 radical (unpaired) electrons. The molecule has 0 spiro atoms. The molecule has 1 unspecified atom stereocenters. The standard InChI is InChI=1S/C22H27ClN4O3/c1-15-20(16(2)27(24-15)14-17-6-3-4-7-18(17)23)22(29)26-11-9-25(10-12-26)21(28)19-8-5-13-30-19/h3-4,6-7,19H,5,8-14H2,1-2H3. The summed E-state index contributed by atoms with van der Waals surface area (Å²) < 4.78 is 7.35. The number of hydrogen-bond acceptors (Lipinski definition) is 4. The molecule has 2 fully saturated rings. The average molecular weight is 431 g/mol. The van der Waals surface area contributed by atoms with Gasteiger partial charge in [0.25, 0.3) is 11.8 Å². The van der Waals surface area contributed by atoms with Crippen LogP contribution in [0.3, 0.4) is 0 Å². The minimum Gasteiger partial charge on any atom is -0.368 e. The number of carbonyl (C=O) groups excluding carboxylic acids is 2. The van der Waals surface area contributed by atoms with Gasteiger partial charge in [-0.25, -0.2) is 0 Å². The molecule has 2 saturated heterocycles. The van der Waals surface area contributed by atoms with E-state index in [-0.39, 0.29) is 17.9 Å². The molecule has 0 bridgehead atoms. The summed E-state index contributed by atoms with van der Waals surface area (Å²) in [6, 6.07) is 7.65. The molecule has 4 rings (SSSR count). The van der Waals surface area contributed by atoms with Crippen molar-refractivity contribution in [2.45, 2.75) is 39.3 Å². The highest BCUT2D eigenvalue weighted by atomic mass is 35.5. The summed E-state index contributed by atoms with van der Waals surface area (Å²) in [6.45, 7) is 7.07. The number of aromatic nitrogens is 2. The molecule has 2 aliphatic rings. The number of nitrogens with zero attached hydrogens (tertiary/aromatic N) is 4. The van der Waals surface area contributed by atoms with E-state index in [1.54, 1.807) is 0 Å². The zero-order valence-electron chi connectivity index (χ0n) is 17.4. The normalized spacial score (nSPS) is 19.4. The van der Waals surface area contributed by atoms with Gasteiger partial charge in [-0.2, -0.15) is 5.10 Å². The van der Waals surface area contributed by atoms with Crippen LogP contribution in [0.4, 0.5) is 0 Å². The maximum atomic E-state index is 13.2. The van der Waals surface area contributed by atoms with E-state index < -0.39 is 0 Å². The monoisotopic (exact) mass is 430 g/mol. The lowest BCUT2D eigenvalue weighted by molar-refractivity contribution is -0.142. The molecule has 0 N–H and O–H groups in total. The third-order valence-electron chi connectivity index (χ3n) is 5.96. The van der Waals surface area contributed by atoms with Gasteiger partial charge in [-0.05, 0) is 38.3 Å². The lowest BCUT2D eigenvalue weighted by Crippen LogP contribution is -2.53. The van der Waals surface area contributed by atoms with Crippen molar-refractivity contribution >= 4 is 23.4 Å². The predicted octanol–water partition coefficient (Wildman–Crippen LogP) is 2.67. The molecule has 2 aliphatic heterocycles. The van der Waals surface area contributed by atoms with E-state index in [1.807, 2.05) is 52.6 Å². The Balaban J connectivity index is 1.43. The van der Waals surface area contributed by atoms with Crippen molar-refractivity contribution in [1.82, 2.24) is 19.6 Å². The first-order valence-corrected chi connectivity index (χ1v) is 10.8. The molecule has 1 aromatic carbocycles. The second kappa shape index (κ2) is 8.78. The van der Waals surface area contributed by atoms with Gasteiger partial charge in [-0.15, -0.1) is 0 Å². The number of ether oxygens (including phenoxy) is 1. The molecule has 8 heteroatoms. The second-order valence-corrected chi connectivity index (χ2v) is 8.32. The van der Waals surface area contributed by atoms with Crippen LogP contribution in [0.2, 0.25) is 5.02 Å². The van der Waals surface area contributed by atoms with Crippen molar-refractivity contribution in [2.24, 2.45) is 0 Å². The fourth-order valence-electron chi connectivity index (χ4n) is 4.21. The molecule has 2 amide bonds. The third-order valence-corrected chi connectivity index (χ3v) is 6.33. The zero-order chi connectivity index (χ0) is 21.3. The van der Waals surface area contributed by atoms with E-state index in [1.165, 1.54) is 0 Å². The lowest BCUT2D eigenvalue weighted by atomic mass is 10.1. The zero-order valence-corrected chi connectivity index (χ0v) is 18.2. The third kappa shape index (κ3) is 4.09. The van der Waals surface area contributed by atoms with Crippen LogP contribution in [-0.2, 0) is 16.1 Å². The van der Waals surface area contributed by atoms with E-state index in [2.05, 4.69) is 5.10 Å². The van der Waals surface area contributed by atoms with Crippen LogP contribution < -0.4 is 0 Å². The van der Waals surface area contributed by atoms with E-state index in [4.69, 9.17) is 16.3 Å². The summed E-state index contributed by atoms with van der Waals surface area (Å²) in [5.41, 5.74) is 3.14. The molecule has 0 aliphatic carbocycles. The molecular formula is C22H27ClN4O3. The van der Waals surface area contributed by atoms with E-state index in [0.29, 0.717) is 55.6 Å². The van der Waals surface area contributed by atoms with Crippen LogP contribution in [0.5, 0.6) is 0 Å². The molecule has 7 nitrogen and oxygen atoms in total. The first-order chi connectivity index (χ1) is 14.5. The Morgan fingerprint density at radius 3 is 2.50 bits per heavy atom. The number of amides is 2. The van der Waals surface area contributed by atoms with Crippen molar-refractivity contribution < 1.29 is 14.3 Å². The topological polar surface area (TPSA) is 67.7 Å². The summed E-state index contributed by atoms with van der Waals surface area (Å²) in [4.78, 5) is 29.4. The Morgan fingerprint density at radius 2 is 1.83 bits per heavy atom. The van der Waals surface area contributed by atoms with E-state index in [0.717, 1.165) is 24.1 Å². The summed E-state index contributed by atoms with van der Waals surface area (Å²) >= 11 is 6.29. The van der Waals surface area contributed by atoms with Crippen molar-refractivity contribution in [3.05, 3.63) is 51.8 Å². The molecule has 3 heterocycles. The molecule has 1 atom stereocenters. The second-order valence-electron chi connectivity index (χ2n) is 7.91. The molecule has 2 aromatic rings. The number of hydrogen-bond donors (Lipinski definition) is 0. The van der Waals surface area contributed by atoms with Gasteiger partial charge in [0, 0.05) is 43.5 Å². The molecule has 160 valence electrons. The lowest BCUT2D eigenvalue weighted by Gasteiger charge is -2.35. The number of piperazine rings is 1. The smallest absolute Gasteiger partial charge is 0.257 e. The van der Waals surface area contributed by atoms with Gasteiger partial charge in [0.1, 0.15) is 6.10 Å². The largest absolute Gasteiger partial charge is 0.368 e. The maximum Gasteiger partial charge on any atom is 0.257 e. The Kier molecular flexibility index (Phi) is 6.11. The van der Waals surface area contributed by atoms with Crippen LogP contribution in [0.25, 0.3) is 0 Å². The first kappa shape index (κ1) is 20.9. The fraction of sp³-hybridized carbons (Fsp3) is 0.500. The van der Waals surface area contributed by atoms with Gasteiger partial charge < -0.3 is 14.5 Å². The Morgan fingerprint density at radius 1 is 1.13 bits per heavy atom. The first-order valence-electron chi connectivity index (χ1n) is 10.4. The predicted molar refractivity (Wildman–Crippen MR) is 114 cm³/mol. The molecular weight excluding hydrogens is 404 g/mol. The average Bonchev–Trinajstić information content (AvgIpc) is 3.37. The Labute approximate surface area is 181 Å². The van der Waals surface area contributed by atoms with Crippen LogP contribution in [0.1, 0.15) is 40.2 Å². The fourth-order valence-corrected chi connectivity index (χ4v) is 4.41. The number of benzene rings is 1. The van der Waals surface area contributed by atoms with E-state index >= 15 is 0 Å². The minimum atomic E-state index is -0.306. The van der Waals surface area contributed by atoms with E-state index in [9.17, 15) is 9.59 Å². The van der Waals surface area contributed by atoms with Crippen LogP contribution in [-0.4, -0.2) is 70.3 Å². The summed E-state index contributed by atoms with van der Waals surface area (Å²) in [7, 11) is 0. The van der Waals surface area contributed by atoms with Gasteiger partial charge in [-0.1, -0.05) is 29.8 Å². The minimum absolute atomic E-state index is 0.0281. The van der Waals surface area contributed by atoms with Crippen molar-refractivity contribution in [1.29, 1.82) is 0 Å². The van der Waals surface area contributed by atoms with Gasteiger partial charge in [0.2, 0.25) is 0 Å². The number of aryl methyl sites for hydroxylation is 1.